The number of ether oxygens (including phenoxy) is 1. The Kier molecular flexibility index (Phi) is 6.97. The standard InChI is InChI=1S/C15H23NO3/c1-16(11-4-3-5-15(17)18)12-10-13-6-8-14(19-2)9-7-13/h6-9H,3-5,10-12H2,1-2H3,(H,17,18). The first-order valence-corrected chi connectivity index (χ1v) is 6.65. The average Bonchev–Trinajstić information content (AvgIpc) is 2.41. The maximum Gasteiger partial charge on any atom is 0.303 e. The molecule has 1 aromatic carbocycles. The Morgan fingerprint density at radius 3 is 2.47 bits per heavy atom. The van der Waals surface area contributed by atoms with Gasteiger partial charge in [0, 0.05) is 13.0 Å². The van der Waals surface area contributed by atoms with E-state index < -0.39 is 5.97 Å². The number of nitrogens with zero attached hydrogens (tertiary/aromatic N) is 1. The van der Waals surface area contributed by atoms with Crippen LogP contribution >= 0.6 is 0 Å². The van der Waals surface area contributed by atoms with Crippen molar-refractivity contribution in [2.24, 2.45) is 0 Å². The van der Waals surface area contributed by atoms with Crippen LogP contribution in [0.5, 0.6) is 5.75 Å². The number of benzene rings is 1. The predicted octanol–water partition coefficient (Wildman–Crippen LogP) is 2.42. The minimum absolute atomic E-state index is 0.270. The first-order valence-electron chi connectivity index (χ1n) is 6.65. The van der Waals surface area contributed by atoms with E-state index in [0.717, 1.165) is 38.1 Å². The number of carboxylic acids is 1. The number of rotatable bonds is 9. The molecule has 0 fully saturated rings. The van der Waals surface area contributed by atoms with Crippen molar-refractivity contribution >= 4 is 5.97 Å². The summed E-state index contributed by atoms with van der Waals surface area (Å²) in [6, 6.07) is 8.11. The molecule has 0 unspecified atom stereocenters. The van der Waals surface area contributed by atoms with Gasteiger partial charge in [0.15, 0.2) is 0 Å². The molecule has 0 amide bonds. The van der Waals surface area contributed by atoms with Crippen LogP contribution in [0.25, 0.3) is 0 Å². The van der Waals surface area contributed by atoms with Crippen LogP contribution in [0.2, 0.25) is 0 Å². The Hall–Kier alpha value is -1.55. The van der Waals surface area contributed by atoms with E-state index in [1.165, 1.54) is 5.56 Å². The van der Waals surface area contributed by atoms with Crippen LogP contribution in [0, 0.1) is 0 Å². The number of hydrogen-bond donors (Lipinski definition) is 1. The molecule has 1 rings (SSSR count). The Labute approximate surface area is 115 Å². The van der Waals surface area contributed by atoms with E-state index in [-0.39, 0.29) is 6.42 Å². The molecule has 0 aromatic heterocycles. The van der Waals surface area contributed by atoms with Crippen molar-refractivity contribution in [1.82, 2.24) is 4.90 Å². The fourth-order valence-electron chi connectivity index (χ4n) is 1.88. The number of aliphatic carboxylic acids is 1. The molecule has 0 aliphatic rings. The molecule has 0 spiro atoms. The molecule has 4 nitrogen and oxygen atoms in total. The highest BCUT2D eigenvalue weighted by Crippen LogP contribution is 2.11. The summed E-state index contributed by atoms with van der Waals surface area (Å²) < 4.78 is 5.12. The molecule has 19 heavy (non-hydrogen) atoms. The molecule has 106 valence electrons. The molecule has 0 aliphatic carbocycles. The molecule has 0 atom stereocenters. The number of carbonyl (C=O) groups is 1. The summed E-state index contributed by atoms with van der Waals surface area (Å²) in [5.41, 5.74) is 1.29. The molecule has 0 radical (unpaired) electrons. The topological polar surface area (TPSA) is 49.8 Å². The van der Waals surface area contributed by atoms with E-state index in [2.05, 4.69) is 24.1 Å². The molecule has 1 aromatic rings. The third-order valence-corrected chi connectivity index (χ3v) is 3.12. The summed E-state index contributed by atoms with van der Waals surface area (Å²) in [5, 5.41) is 8.55. The zero-order valence-electron chi connectivity index (χ0n) is 11.8. The van der Waals surface area contributed by atoms with Crippen molar-refractivity contribution in [3.05, 3.63) is 29.8 Å². The molecule has 0 heterocycles. The van der Waals surface area contributed by atoms with E-state index in [1.54, 1.807) is 7.11 Å². The smallest absolute Gasteiger partial charge is 0.303 e. The summed E-state index contributed by atoms with van der Waals surface area (Å²) in [5.74, 6) is 0.173. The third-order valence-electron chi connectivity index (χ3n) is 3.12. The Morgan fingerprint density at radius 2 is 1.89 bits per heavy atom. The second kappa shape index (κ2) is 8.53. The van der Waals surface area contributed by atoms with Gasteiger partial charge in [-0.2, -0.15) is 0 Å². The maximum absolute atomic E-state index is 10.4. The molecule has 0 bridgehead atoms. The molecule has 0 saturated carbocycles. The Bertz CT molecular complexity index is 375. The lowest BCUT2D eigenvalue weighted by atomic mass is 10.1. The number of likely N-dealkylation sites (N-methyl/N-ethyl adjacent to an activating group) is 1. The van der Waals surface area contributed by atoms with E-state index in [9.17, 15) is 4.79 Å². The van der Waals surface area contributed by atoms with Crippen molar-refractivity contribution in [3.8, 4) is 5.75 Å². The van der Waals surface area contributed by atoms with Crippen LogP contribution in [0.15, 0.2) is 24.3 Å². The van der Waals surface area contributed by atoms with Gasteiger partial charge in [0.1, 0.15) is 5.75 Å². The van der Waals surface area contributed by atoms with Gasteiger partial charge in [0.25, 0.3) is 0 Å². The summed E-state index contributed by atoms with van der Waals surface area (Å²) in [6.07, 6.45) is 2.96. The van der Waals surface area contributed by atoms with Gasteiger partial charge in [0.2, 0.25) is 0 Å². The van der Waals surface area contributed by atoms with Crippen LogP contribution < -0.4 is 4.74 Å². The van der Waals surface area contributed by atoms with E-state index >= 15 is 0 Å². The molecule has 1 N–H and O–H groups in total. The SMILES string of the molecule is COc1ccc(CCN(C)CCCCC(=O)O)cc1. The van der Waals surface area contributed by atoms with Gasteiger partial charge >= 0.3 is 5.97 Å². The fourth-order valence-corrected chi connectivity index (χ4v) is 1.88. The largest absolute Gasteiger partial charge is 0.497 e. The van der Waals surface area contributed by atoms with Gasteiger partial charge in [-0.05, 0) is 50.6 Å². The molecule has 0 saturated heterocycles. The minimum Gasteiger partial charge on any atom is -0.497 e. The van der Waals surface area contributed by atoms with Gasteiger partial charge in [0.05, 0.1) is 7.11 Å². The lowest BCUT2D eigenvalue weighted by Crippen LogP contribution is -2.22. The van der Waals surface area contributed by atoms with Crippen LogP contribution in [0.1, 0.15) is 24.8 Å². The number of hydrogen-bond acceptors (Lipinski definition) is 3. The maximum atomic E-state index is 10.4. The number of methoxy groups -OCH3 is 1. The van der Waals surface area contributed by atoms with Gasteiger partial charge in [-0.15, -0.1) is 0 Å². The lowest BCUT2D eigenvalue weighted by Gasteiger charge is -2.16. The molecule has 0 aliphatic heterocycles. The first-order chi connectivity index (χ1) is 9.11. The Balaban J connectivity index is 2.18. The van der Waals surface area contributed by atoms with Crippen molar-refractivity contribution in [2.45, 2.75) is 25.7 Å². The van der Waals surface area contributed by atoms with Crippen LogP contribution in [0.4, 0.5) is 0 Å². The first kappa shape index (κ1) is 15.5. The van der Waals surface area contributed by atoms with Gasteiger partial charge in [-0.1, -0.05) is 12.1 Å². The quantitative estimate of drug-likeness (QED) is 0.697. The summed E-state index contributed by atoms with van der Waals surface area (Å²) in [6.45, 7) is 1.93. The van der Waals surface area contributed by atoms with Crippen LogP contribution in [-0.2, 0) is 11.2 Å². The van der Waals surface area contributed by atoms with E-state index in [4.69, 9.17) is 9.84 Å². The highest BCUT2D eigenvalue weighted by Gasteiger charge is 2.01. The number of carboxylic acid groups (broad SMARTS) is 1. The van der Waals surface area contributed by atoms with Gasteiger partial charge in [-0.3, -0.25) is 4.79 Å². The van der Waals surface area contributed by atoms with Crippen molar-refractivity contribution < 1.29 is 14.6 Å². The summed E-state index contributed by atoms with van der Waals surface area (Å²) in [4.78, 5) is 12.6. The second-order valence-electron chi connectivity index (χ2n) is 4.75. The highest BCUT2D eigenvalue weighted by atomic mass is 16.5. The third kappa shape index (κ3) is 6.82. The van der Waals surface area contributed by atoms with Crippen molar-refractivity contribution in [1.29, 1.82) is 0 Å². The lowest BCUT2D eigenvalue weighted by molar-refractivity contribution is -0.137. The number of unbranched alkanes of at least 4 members (excludes halogenated alkanes) is 1. The Morgan fingerprint density at radius 1 is 1.21 bits per heavy atom. The zero-order chi connectivity index (χ0) is 14.1. The predicted molar refractivity (Wildman–Crippen MR) is 75.7 cm³/mol. The van der Waals surface area contributed by atoms with Crippen LogP contribution in [0.3, 0.4) is 0 Å². The molecule has 4 heteroatoms. The summed E-state index contributed by atoms with van der Waals surface area (Å²) in [7, 11) is 3.74. The second-order valence-corrected chi connectivity index (χ2v) is 4.75. The monoisotopic (exact) mass is 265 g/mol. The van der Waals surface area contributed by atoms with Gasteiger partial charge in [-0.25, -0.2) is 0 Å². The van der Waals surface area contributed by atoms with Gasteiger partial charge < -0.3 is 14.7 Å². The molecular weight excluding hydrogens is 242 g/mol. The van der Waals surface area contributed by atoms with E-state index in [0.29, 0.717) is 0 Å². The molecular formula is C15H23NO3. The minimum atomic E-state index is -0.708. The summed E-state index contributed by atoms with van der Waals surface area (Å²) >= 11 is 0. The normalized spacial score (nSPS) is 10.7. The fraction of sp³-hybridized carbons (Fsp3) is 0.533. The highest BCUT2D eigenvalue weighted by molar-refractivity contribution is 5.66. The zero-order valence-corrected chi connectivity index (χ0v) is 11.8. The average molecular weight is 265 g/mol. The van der Waals surface area contributed by atoms with Crippen LogP contribution in [-0.4, -0.2) is 43.2 Å². The van der Waals surface area contributed by atoms with Crippen molar-refractivity contribution in [3.63, 3.8) is 0 Å². The van der Waals surface area contributed by atoms with E-state index in [1.807, 2.05) is 12.1 Å². The van der Waals surface area contributed by atoms with Crippen molar-refractivity contribution in [2.75, 3.05) is 27.2 Å².